The standard InChI is InChI=1S/C22H21ClFNO/c23-20-8-3-6-18(13-20)16-26-21-9-4-5-17(14-21)15-25-12-11-19-7-1-2-10-22(19)24/h1-10,13-14,25H,11-12,15-16H2. The number of benzene rings is 3. The number of ether oxygens (including phenoxy) is 1. The monoisotopic (exact) mass is 369 g/mol. The maximum absolute atomic E-state index is 13.6. The molecule has 0 saturated heterocycles. The van der Waals surface area contributed by atoms with E-state index in [1.165, 1.54) is 6.07 Å². The third-order valence-corrected chi connectivity index (χ3v) is 4.29. The third-order valence-electron chi connectivity index (χ3n) is 4.05. The first-order valence-electron chi connectivity index (χ1n) is 8.61. The highest BCUT2D eigenvalue weighted by molar-refractivity contribution is 6.30. The minimum absolute atomic E-state index is 0.147. The molecule has 0 bridgehead atoms. The van der Waals surface area contributed by atoms with Gasteiger partial charge in [-0.2, -0.15) is 0 Å². The van der Waals surface area contributed by atoms with E-state index in [0.717, 1.165) is 22.4 Å². The summed E-state index contributed by atoms with van der Waals surface area (Å²) in [5.41, 5.74) is 2.90. The quantitative estimate of drug-likeness (QED) is 0.537. The highest BCUT2D eigenvalue weighted by Gasteiger charge is 2.02. The molecular weight excluding hydrogens is 349 g/mol. The van der Waals surface area contributed by atoms with E-state index in [4.69, 9.17) is 16.3 Å². The van der Waals surface area contributed by atoms with Crippen LogP contribution in [0.15, 0.2) is 72.8 Å². The van der Waals surface area contributed by atoms with Crippen molar-refractivity contribution in [2.75, 3.05) is 6.54 Å². The fourth-order valence-corrected chi connectivity index (χ4v) is 2.91. The molecule has 2 nitrogen and oxygen atoms in total. The second-order valence-corrected chi connectivity index (χ2v) is 6.52. The molecule has 134 valence electrons. The van der Waals surface area contributed by atoms with Gasteiger partial charge in [-0.15, -0.1) is 0 Å². The van der Waals surface area contributed by atoms with Crippen LogP contribution in [0.3, 0.4) is 0 Å². The van der Waals surface area contributed by atoms with Crippen LogP contribution >= 0.6 is 11.6 Å². The van der Waals surface area contributed by atoms with E-state index in [1.807, 2.05) is 60.7 Å². The van der Waals surface area contributed by atoms with Crippen molar-refractivity contribution in [1.29, 1.82) is 0 Å². The smallest absolute Gasteiger partial charge is 0.126 e. The molecule has 3 aromatic rings. The van der Waals surface area contributed by atoms with E-state index in [0.29, 0.717) is 31.1 Å². The van der Waals surface area contributed by atoms with Gasteiger partial charge in [0.2, 0.25) is 0 Å². The maximum atomic E-state index is 13.6. The zero-order valence-electron chi connectivity index (χ0n) is 14.4. The fraction of sp³-hybridized carbons (Fsp3) is 0.182. The van der Waals surface area contributed by atoms with E-state index < -0.39 is 0 Å². The summed E-state index contributed by atoms with van der Waals surface area (Å²) in [6.45, 7) is 1.90. The van der Waals surface area contributed by atoms with Gasteiger partial charge in [0, 0.05) is 11.6 Å². The highest BCUT2D eigenvalue weighted by Crippen LogP contribution is 2.17. The molecule has 0 atom stereocenters. The van der Waals surface area contributed by atoms with Crippen molar-refractivity contribution in [1.82, 2.24) is 5.32 Å². The van der Waals surface area contributed by atoms with Crippen LogP contribution in [0.25, 0.3) is 0 Å². The van der Waals surface area contributed by atoms with E-state index >= 15 is 0 Å². The van der Waals surface area contributed by atoms with Crippen LogP contribution in [0.2, 0.25) is 5.02 Å². The second-order valence-electron chi connectivity index (χ2n) is 6.08. The van der Waals surface area contributed by atoms with Crippen LogP contribution in [0.5, 0.6) is 5.75 Å². The molecule has 0 aliphatic carbocycles. The Hall–Kier alpha value is -2.36. The molecule has 0 aliphatic rings. The molecule has 1 N–H and O–H groups in total. The van der Waals surface area contributed by atoms with Crippen molar-refractivity contribution in [3.63, 3.8) is 0 Å². The van der Waals surface area contributed by atoms with E-state index in [2.05, 4.69) is 5.32 Å². The summed E-state index contributed by atoms with van der Waals surface area (Å²) >= 11 is 5.99. The number of hydrogen-bond donors (Lipinski definition) is 1. The van der Waals surface area contributed by atoms with Crippen LogP contribution in [0.1, 0.15) is 16.7 Å². The summed E-state index contributed by atoms with van der Waals surface area (Å²) in [7, 11) is 0. The number of rotatable bonds is 8. The Bertz CT molecular complexity index is 853. The number of halogens is 2. The first-order valence-corrected chi connectivity index (χ1v) is 8.99. The molecule has 3 rings (SSSR count). The number of nitrogens with one attached hydrogen (secondary N) is 1. The first kappa shape index (κ1) is 18.4. The minimum Gasteiger partial charge on any atom is -0.489 e. The lowest BCUT2D eigenvalue weighted by Crippen LogP contribution is -2.17. The van der Waals surface area contributed by atoms with Gasteiger partial charge < -0.3 is 10.1 Å². The fourth-order valence-electron chi connectivity index (χ4n) is 2.70. The van der Waals surface area contributed by atoms with Crippen molar-refractivity contribution < 1.29 is 9.13 Å². The molecule has 0 unspecified atom stereocenters. The van der Waals surface area contributed by atoms with Gasteiger partial charge in [0.25, 0.3) is 0 Å². The van der Waals surface area contributed by atoms with Crippen molar-refractivity contribution in [2.45, 2.75) is 19.6 Å². The average molecular weight is 370 g/mol. The summed E-state index contributed by atoms with van der Waals surface area (Å²) in [5, 5.41) is 4.05. The first-order chi connectivity index (χ1) is 12.7. The van der Waals surface area contributed by atoms with Gasteiger partial charge in [0.1, 0.15) is 18.2 Å². The van der Waals surface area contributed by atoms with Crippen molar-refractivity contribution in [3.05, 3.63) is 100 Å². The Balaban J connectivity index is 1.47. The summed E-state index contributed by atoms with van der Waals surface area (Å²) < 4.78 is 19.4. The molecule has 3 aromatic carbocycles. The molecule has 26 heavy (non-hydrogen) atoms. The highest BCUT2D eigenvalue weighted by atomic mass is 35.5. The lowest BCUT2D eigenvalue weighted by Gasteiger charge is -2.10. The van der Waals surface area contributed by atoms with Gasteiger partial charge in [0.15, 0.2) is 0 Å². The van der Waals surface area contributed by atoms with E-state index in [-0.39, 0.29) is 5.82 Å². The molecule has 0 radical (unpaired) electrons. The molecule has 0 amide bonds. The molecular formula is C22H21ClFNO. The summed E-state index contributed by atoms with van der Waals surface area (Å²) in [5.74, 6) is 0.670. The lowest BCUT2D eigenvalue weighted by molar-refractivity contribution is 0.306. The summed E-state index contributed by atoms with van der Waals surface area (Å²) in [4.78, 5) is 0. The van der Waals surface area contributed by atoms with Gasteiger partial charge in [-0.3, -0.25) is 0 Å². The molecule has 0 aliphatic heterocycles. The Kier molecular flexibility index (Phi) is 6.64. The predicted octanol–water partition coefficient (Wildman–Crippen LogP) is 5.39. The lowest BCUT2D eigenvalue weighted by atomic mass is 10.1. The van der Waals surface area contributed by atoms with Gasteiger partial charge in [-0.05, 0) is 60.0 Å². The Morgan fingerprint density at radius 1 is 0.885 bits per heavy atom. The zero-order chi connectivity index (χ0) is 18.2. The van der Waals surface area contributed by atoms with Gasteiger partial charge >= 0.3 is 0 Å². The summed E-state index contributed by atoms with van der Waals surface area (Å²) in [6, 6.07) is 22.5. The predicted molar refractivity (Wildman–Crippen MR) is 104 cm³/mol. The van der Waals surface area contributed by atoms with Crippen LogP contribution in [0.4, 0.5) is 4.39 Å². The van der Waals surface area contributed by atoms with Crippen LogP contribution in [-0.4, -0.2) is 6.54 Å². The maximum Gasteiger partial charge on any atom is 0.126 e. The topological polar surface area (TPSA) is 21.3 Å². The summed E-state index contributed by atoms with van der Waals surface area (Å²) in [6.07, 6.45) is 0.664. The molecule has 0 fully saturated rings. The van der Waals surface area contributed by atoms with Gasteiger partial charge in [0.05, 0.1) is 0 Å². The van der Waals surface area contributed by atoms with Crippen molar-refractivity contribution >= 4 is 11.6 Å². The SMILES string of the molecule is Fc1ccccc1CCNCc1cccc(OCc2cccc(Cl)c2)c1. The zero-order valence-corrected chi connectivity index (χ0v) is 15.2. The average Bonchev–Trinajstić information content (AvgIpc) is 2.65. The number of hydrogen-bond acceptors (Lipinski definition) is 2. The van der Waals surface area contributed by atoms with Crippen molar-refractivity contribution in [3.8, 4) is 5.75 Å². The Labute approximate surface area is 158 Å². The van der Waals surface area contributed by atoms with Gasteiger partial charge in [-0.1, -0.05) is 54.1 Å². The normalized spacial score (nSPS) is 10.7. The van der Waals surface area contributed by atoms with E-state index in [1.54, 1.807) is 6.07 Å². The molecule has 4 heteroatoms. The molecule has 0 saturated carbocycles. The molecule has 0 heterocycles. The molecule has 0 spiro atoms. The minimum atomic E-state index is -0.147. The van der Waals surface area contributed by atoms with Crippen molar-refractivity contribution in [2.24, 2.45) is 0 Å². The van der Waals surface area contributed by atoms with Crippen LogP contribution < -0.4 is 10.1 Å². The Morgan fingerprint density at radius 3 is 2.54 bits per heavy atom. The second kappa shape index (κ2) is 9.37. The largest absolute Gasteiger partial charge is 0.489 e. The van der Waals surface area contributed by atoms with Gasteiger partial charge in [-0.25, -0.2) is 4.39 Å². The van der Waals surface area contributed by atoms with E-state index in [9.17, 15) is 4.39 Å². The molecule has 0 aromatic heterocycles. The Morgan fingerprint density at radius 2 is 1.69 bits per heavy atom. The van der Waals surface area contributed by atoms with Crippen LogP contribution in [-0.2, 0) is 19.6 Å². The van der Waals surface area contributed by atoms with Crippen LogP contribution in [0, 0.1) is 5.82 Å². The third kappa shape index (κ3) is 5.58.